The number of nitrogens with one attached hydrogen (secondary N) is 1. The van der Waals surface area contributed by atoms with Crippen LogP contribution in [0.15, 0.2) is 18.2 Å². The van der Waals surface area contributed by atoms with Crippen molar-refractivity contribution in [3.05, 3.63) is 62.7 Å². The van der Waals surface area contributed by atoms with Crippen molar-refractivity contribution in [3.63, 3.8) is 0 Å². The monoisotopic (exact) mass is 770 g/mol. The summed E-state index contributed by atoms with van der Waals surface area (Å²) in [7, 11) is 5.11. The van der Waals surface area contributed by atoms with E-state index in [4.69, 9.17) is 28.4 Å². The van der Waals surface area contributed by atoms with Gasteiger partial charge in [-0.1, -0.05) is 13.0 Å². The number of hydrogen-bond donors (Lipinski definition) is 3. The summed E-state index contributed by atoms with van der Waals surface area (Å²) < 4.78 is 37.0. The number of ether oxygens (including phenoxy) is 6. The number of phenolic OH excluding ortho intramolecular Hbond substituents is 2. The van der Waals surface area contributed by atoms with Crippen LogP contribution < -0.4 is 29.0 Å². The highest BCUT2D eigenvalue weighted by molar-refractivity contribution is 7.99. The third-order valence-corrected chi connectivity index (χ3v) is 14.1. The summed E-state index contributed by atoms with van der Waals surface area (Å²) in [5.41, 5.74) is 5.39. The number of thioether (sulfide) groups is 1. The zero-order valence-electron chi connectivity index (χ0n) is 31.9. The number of aromatic hydroxyl groups is 2. The van der Waals surface area contributed by atoms with E-state index in [-0.39, 0.29) is 48.5 Å². The first-order chi connectivity index (χ1) is 26.6. The van der Waals surface area contributed by atoms with Crippen molar-refractivity contribution in [3.8, 4) is 46.3 Å². The molecule has 3 aromatic rings. The maximum Gasteiger partial charge on any atom is 0.331 e. The van der Waals surface area contributed by atoms with Gasteiger partial charge >= 0.3 is 5.97 Å². The van der Waals surface area contributed by atoms with E-state index in [2.05, 4.69) is 34.2 Å². The van der Waals surface area contributed by atoms with Crippen LogP contribution in [0, 0.1) is 25.2 Å². The average Bonchev–Trinajstić information content (AvgIpc) is 3.67. The molecule has 3 N–H and O–H groups in total. The third kappa shape index (κ3) is 4.98. The lowest BCUT2D eigenvalue weighted by Gasteiger charge is -2.62. The van der Waals surface area contributed by atoms with Gasteiger partial charge in [0.05, 0.1) is 44.2 Å². The van der Waals surface area contributed by atoms with Crippen LogP contribution in [0.25, 0.3) is 0 Å². The molecule has 14 heteroatoms. The summed E-state index contributed by atoms with van der Waals surface area (Å²) in [6.07, 6.45) is 1.92. The molecular formula is C41H46N4O9S. The van der Waals surface area contributed by atoms with E-state index in [9.17, 15) is 20.3 Å². The van der Waals surface area contributed by atoms with Gasteiger partial charge in [0.15, 0.2) is 40.0 Å². The largest absolute Gasteiger partial charge is 0.504 e. The van der Waals surface area contributed by atoms with E-state index < -0.39 is 34.9 Å². The Morgan fingerprint density at radius 2 is 1.85 bits per heavy atom. The Kier molecular flexibility index (Phi) is 8.73. The second-order valence-corrected chi connectivity index (χ2v) is 16.5. The lowest BCUT2D eigenvalue weighted by Crippen LogP contribution is -2.69. The number of carbonyl (C=O) groups is 1. The molecule has 290 valence electrons. The maximum atomic E-state index is 14.8. The average molecular weight is 771 g/mol. The molecule has 2 fully saturated rings. The van der Waals surface area contributed by atoms with Gasteiger partial charge in [0.2, 0.25) is 6.79 Å². The van der Waals surface area contributed by atoms with E-state index >= 15 is 0 Å². The van der Waals surface area contributed by atoms with E-state index in [1.165, 1.54) is 7.11 Å². The second kappa shape index (κ2) is 13.3. The molecule has 10 rings (SSSR count). The predicted molar refractivity (Wildman–Crippen MR) is 202 cm³/mol. The summed E-state index contributed by atoms with van der Waals surface area (Å²) >= 11 is 1.60. The Bertz CT molecular complexity index is 2160. The molecule has 0 radical (unpaired) electrons. The minimum absolute atomic E-state index is 0.0101. The quantitative estimate of drug-likeness (QED) is 0.303. The number of fused-ring (bicyclic) bond motifs is 9. The number of phenols is 2. The van der Waals surface area contributed by atoms with Gasteiger partial charge in [0.1, 0.15) is 18.4 Å². The Balaban J connectivity index is 1.33. The van der Waals surface area contributed by atoms with Crippen LogP contribution in [0.3, 0.4) is 0 Å². The van der Waals surface area contributed by atoms with Gasteiger partial charge in [0, 0.05) is 46.6 Å². The lowest BCUT2D eigenvalue weighted by atomic mass is 9.71. The second-order valence-electron chi connectivity index (χ2n) is 15.3. The Hall–Kier alpha value is -4.55. The van der Waals surface area contributed by atoms with E-state index in [1.807, 2.05) is 20.9 Å². The number of carbonyl (C=O) groups excluding carboxylic acids is 1. The summed E-state index contributed by atoms with van der Waals surface area (Å²) in [5.74, 6) is 2.47. The highest BCUT2D eigenvalue weighted by Gasteiger charge is 2.61. The molecule has 55 heavy (non-hydrogen) atoms. The van der Waals surface area contributed by atoms with E-state index in [0.717, 1.165) is 45.4 Å². The summed E-state index contributed by atoms with van der Waals surface area (Å²) in [6, 6.07) is 5.93. The number of piperazine rings is 1. The topological polar surface area (TPSA) is 155 Å². The standard InChI is InChI=1S/C41H46N4O9S/c1-7-10-51-36-20(3)37-38(54-18-53-37)30-26-16-52-40(48)41(23-14-28(49-5)27(46)13-21(23)8-9-43-41)17-55-39(31(30)36)33-32-29-22(11-19(2)35(50-6)34(29)47)12-24(44(32)4)25(15-42)45(26)33/h11,13-14,24-26,32-33,39,43,46-47H,7-10,12,16-18H2,1-6H3/t24-,25-,26-,32+,33?,39+,41+/m0/s1. The maximum absolute atomic E-state index is 14.8. The Morgan fingerprint density at radius 3 is 2.60 bits per heavy atom. The van der Waals surface area contributed by atoms with Gasteiger partial charge in [-0.2, -0.15) is 5.26 Å². The first kappa shape index (κ1) is 36.1. The fraction of sp³-hybridized carbons (Fsp3) is 0.512. The van der Waals surface area contributed by atoms with Gasteiger partial charge in [-0.05, 0) is 74.5 Å². The molecule has 2 saturated heterocycles. The molecule has 0 saturated carbocycles. The molecule has 0 amide bonds. The molecule has 4 bridgehead atoms. The van der Waals surface area contributed by atoms with Gasteiger partial charge in [-0.3, -0.25) is 15.1 Å². The van der Waals surface area contributed by atoms with E-state index in [0.29, 0.717) is 54.6 Å². The molecule has 1 unspecified atom stereocenters. The third-order valence-electron chi connectivity index (χ3n) is 12.6. The number of aryl methyl sites for hydroxylation is 1. The molecule has 3 aromatic carbocycles. The minimum Gasteiger partial charge on any atom is -0.504 e. The molecule has 0 aromatic heterocycles. The first-order valence-electron chi connectivity index (χ1n) is 18.9. The summed E-state index contributed by atoms with van der Waals surface area (Å²) in [4.78, 5) is 19.3. The number of benzene rings is 3. The van der Waals surface area contributed by atoms with Gasteiger partial charge in [-0.25, -0.2) is 4.79 Å². The molecule has 13 nitrogen and oxygen atoms in total. The van der Waals surface area contributed by atoms with Crippen molar-refractivity contribution in [1.29, 1.82) is 5.26 Å². The smallest absolute Gasteiger partial charge is 0.331 e. The highest BCUT2D eigenvalue weighted by Crippen LogP contribution is 2.64. The lowest BCUT2D eigenvalue weighted by molar-refractivity contribution is -0.157. The van der Waals surface area contributed by atoms with Crippen molar-refractivity contribution in [1.82, 2.24) is 15.1 Å². The molecule has 7 heterocycles. The van der Waals surface area contributed by atoms with Crippen LogP contribution in [-0.2, 0) is 27.9 Å². The van der Waals surface area contributed by atoms with Gasteiger partial charge < -0.3 is 38.6 Å². The summed E-state index contributed by atoms with van der Waals surface area (Å²) in [6.45, 7) is 6.88. The van der Waals surface area contributed by atoms with Crippen LogP contribution in [0.4, 0.5) is 0 Å². The number of rotatable bonds is 5. The van der Waals surface area contributed by atoms with Crippen LogP contribution in [0.2, 0.25) is 0 Å². The van der Waals surface area contributed by atoms with Crippen molar-refractivity contribution in [2.45, 2.75) is 81.0 Å². The van der Waals surface area contributed by atoms with Crippen LogP contribution >= 0.6 is 11.8 Å². The SMILES string of the molecule is CCCOc1c(C)c2c(c3c1[C@H]1SC[C@]4(NCCc5cc(O)c(OC)cc54)C(=O)OC[C@@H]3N3C1[C@H]1c4c(cc(C)c(OC)c4O)C[C@@H]([C@@H]3C#N)N1C)OCO2. The molecule has 7 aliphatic rings. The van der Waals surface area contributed by atoms with Gasteiger partial charge in [-0.15, -0.1) is 11.8 Å². The fourth-order valence-electron chi connectivity index (χ4n) is 10.3. The van der Waals surface area contributed by atoms with Crippen molar-refractivity contribution >= 4 is 17.7 Å². The van der Waals surface area contributed by atoms with Gasteiger partial charge in [0.25, 0.3) is 0 Å². The number of methoxy groups -OCH3 is 2. The number of likely N-dealkylation sites (N-methyl/N-ethyl adjacent to an activating group) is 1. The molecule has 0 aliphatic carbocycles. The zero-order chi connectivity index (χ0) is 38.5. The van der Waals surface area contributed by atoms with E-state index in [1.54, 1.807) is 31.0 Å². The number of esters is 1. The highest BCUT2D eigenvalue weighted by atomic mass is 32.2. The normalized spacial score (nSPS) is 29.0. The minimum atomic E-state index is -1.29. The zero-order valence-corrected chi connectivity index (χ0v) is 32.7. The fourth-order valence-corrected chi connectivity index (χ4v) is 12.0. The molecular weight excluding hydrogens is 725 g/mol. The van der Waals surface area contributed by atoms with Crippen LogP contribution in [-0.4, -0.2) is 97.7 Å². The van der Waals surface area contributed by atoms with Crippen molar-refractivity contribution in [2.24, 2.45) is 0 Å². The van der Waals surface area contributed by atoms with Crippen LogP contribution in [0.5, 0.6) is 40.2 Å². The molecule has 7 aliphatic heterocycles. The Labute approximate surface area is 324 Å². The number of nitriles is 1. The van der Waals surface area contributed by atoms with Crippen molar-refractivity contribution in [2.75, 3.05) is 53.6 Å². The van der Waals surface area contributed by atoms with Crippen molar-refractivity contribution < 1.29 is 43.4 Å². The predicted octanol–water partition coefficient (Wildman–Crippen LogP) is 4.85. The number of nitrogens with zero attached hydrogens (tertiary/aromatic N) is 3. The van der Waals surface area contributed by atoms with Crippen LogP contribution in [0.1, 0.15) is 75.2 Å². The molecule has 1 spiro atoms. The number of hydrogen-bond acceptors (Lipinski definition) is 14. The summed E-state index contributed by atoms with van der Waals surface area (Å²) in [5, 5.41) is 37.2. The Morgan fingerprint density at radius 1 is 1.05 bits per heavy atom. The molecule has 7 atom stereocenters. The first-order valence-corrected chi connectivity index (χ1v) is 20.0.